The molecule has 0 bridgehead atoms. The molecule has 0 saturated heterocycles. The monoisotopic (exact) mass is 465 g/mol. The van der Waals surface area contributed by atoms with Crippen molar-refractivity contribution in [3.05, 3.63) is 65.4 Å². The molecule has 0 aliphatic heterocycles. The van der Waals surface area contributed by atoms with E-state index in [2.05, 4.69) is 15.5 Å². The Bertz CT molecular complexity index is 1140. The number of aromatic nitrogens is 3. The molecule has 1 heterocycles. The Hall–Kier alpha value is -2.56. The molecule has 0 radical (unpaired) electrons. The molecule has 0 aliphatic carbocycles. The summed E-state index contributed by atoms with van der Waals surface area (Å²) < 4.78 is 27.5. The second-order valence-corrected chi connectivity index (χ2v) is 9.64. The number of amides is 1. The van der Waals surface area contributed by atoms with Crippen LogP contribution in [0.3, 0.4) is 0 Å². The van der Waals surface area contributed by atoms with Gasteiger partial charge in [0, 0.05) is 7.05 Å². The fourth-order valence-electron chi connectivity index (χ4n) is 2.61. The van der Waals surface area contributed by atoms with Crippen molar-refractivity contribution in [2.45, 2.75) is 11.7 Å². The van der Waals surface area contributed by atoms with E-state index < -0.39 is 10.0 Å². The third-order valence-electron chi connectivity index (χ3n) is 4.13. The maximum atomic E-state index is 12.3. The van der Waals surface area contributed by atoms with Crippen LogP contribution in [-0.4, -0.2) is 41.1 Å². The van der Waals surface area contributed by atoms with Crippen molar-refractivity contribution in [3.8, 4) is 0 Å². The Balaban J connectivity index is 1.68. The van der Waals surface area contributed by atoms with Gasteiger partial charge in [0.2, 0.25) is 15.9 Å². The Morgan fingerprint density at radius 1 is 1.13 bits per heavy atom. The molecule has 30 heavy (non-hydrogen) atoms. The number of sulfonamides is 1. The van der Waals surface area contributed by atoms with Crippen molar-refractivity contribution < 1.29 is 13.2 Å². The van der Waals surface area contributed by atoms with Gasteiger partial charge in [-0.3, -0.25) is 9.10 Å². The van der Waals surface area contributed by atoms with E-state index in [1.807, 2.05) is 6.07 Å². The number of hydrogen-bond donors (Lipinski definition) is 1. The zero-order valence-electron chi connectivity index (χ0n) is 16.3. The van der Waals surface area contributed by atoms with E-state index in [0.29, 0.717) is 27.4 Å². The van der Waals surface area contributed by atoms with Crippen LogP contribution < -0.4 is 9.62 Å². The van der Waals surface area contributed by atoms with E-state index in [1.165, 1.54) is 16.1 Å². The lowest BCUT2D eigenvalue weighted by Crippen LogP contribution is -2.30. The molecule has 0 spiro atoms. The van der Waals surface area contributed by atoms with E-state index in [9.17, 15) is 13.2 Å². The van der Waals surface area contributed by atoms with Gasteiger partial charge in [0.1, 0.15) is 0 Å². The highest BCUT2D eigenvalue weighted by Gasteiger charge is 2.21. The third-order valence-corrected chi connectivity index (χ3v) is 6.63. The molecule has 0 fully saturated rings. The zero-order chi connectivity index (χ0) is 21.7. The van der Waals surface area contributed by atoms with Gasteiger partial charge in [-0.05, 0) is 24.3 Å². The van der Waals surface area contributed by atoms with Crippen molar-refractivity contribution in [1.82, 2.24) is 14.8 Å². The largest absolute Gasteiger partial charge is 0.324 e. The van der Waals surface area contributed by atoms with E-state index in [0.717, 1.165) is 6.26 Å². The summed E-state index contributed by atoms with van der Waals surface area (Å²) >= 11 is 7.25. The molecular weight excluding hydrogens is 446 g/mol. The fraction of sp³-hybridized carbons (Fsp3) is 0.211. The van der Waals surface area contributed by atoms with Gasteiger partial charge in [0.05, 0.1) is 35.0 Å². The average molecular weight is 466 g/mol. The molecule has 8 nitrogen and oxygen atoms in total. The van der Waals surface area contributed by atoms with Crippen molar-refractivity contribution in [2.75, 3.05) is 21.6 Å². The SMILES string of the molecule is Cn1c(CN(c2ccccc2)S(C)(=O)=O)nnc1SCC(=O)Nc1ccccc1Cl. The summed E-state index contributed by atoms with van der Waals surface area (Å²) in [5.74, 6) is 0.323. The topological polar surface area (TPSA) is 97.2 Å². The van der Waals surface area contributed by atoms with Crippen LogP contribution in [0.15, 0.2) is 59.8 Å². The maximum absolute atomic E-state index is 12.3. The number of carbonyl (C=O) groups excluding carboxylic acids is 1. The Labute approximate surface area is 184 Å². The highest BCUT2D eigenvalue weighted by Crippen LogP contribution is 2.23. The lowest BCUT2D eigenvalue weighted by molar-refractivity contribution is -0.113. The fourth-order valence-corrected chi connectivity index (χ4v) is 4.38. The third kappa shape index (κ3) is 5.53. The molecule has 2 aromatic carbocycles. The number of rotatable bonds is 8. The van der Waals surface area contributed by atoms with Crippen molar-refractivity contribution in [1.29, 1.82) is 0 Å². The molecule has 0 unspecified atom stereocenters. The molecule has 11 heteroatoms. The predicted octanol–water partition coefficient (Wildman–Crippen LogP) is 3.17. The minimum atomic E-state index is -3.52. The number of nitrogens with one attached hydrogen (secondary N) is 1. The number of para-hydroxylation sites is 2. The molecular formula is C19H20ClN5O3S2. The highest BCUT2D eigenvalue weighted by atomic mass is 35.5. The van der Waals surface area contributed by atoms with E-state index >= 15 is 0 Å². The first-order valence-electron chi connectivity index (χ1n) is 8.84. The van der Waals surface area contributed by atoms with Gasteiger partial charge >= 0.3 is 0 Å². The lowest BCUT2D eigenvalue weighted by atomic mass is 10.3. The van der Waals surface area contributed by atoms with Gasteiger partial charge < -0.3 is 9.88 Å². The normalized spacial score (nSPS) is 11.3. The van der Waals surface area contributed by atoms with Crippen molar-refractivity contribution in [2.24, 2.45) is 7.05 Å². The molecule has 0 atom stereocenters. The Morgan fingerprint density at radius 2 is 1.80 bits per heavy atom. The van der Waals surface area contributed by atoms with Gasteiger partial charge in [-0.2, -0.15) is 0 Å². The second-order valence-electron chi connectivity index (χ2n) is 6.38. The summed E-state index contributed by atoms with van der Waals surface area (Å²) in [5.41, 5.74) is 1.08. The van der Waals surface area contributed by atoms with Gasteiger partial charge in [0.15, 0.2) is 11.0 Å². The molecule has 3 rings (SSSR count). The minimum Gasteiger partial charge on any atom is -0.324 e. The number of halogens is 1. The predicted molar refractivity (Wildman–Crippen MR) is 119 cm³/mol. The van der Waals surface area contributed by atoms with Crippen LogP contribution in [0.1, 0.15) is 5.82 Å². The van der Waals surface area contributed by atoms with Gasteiger partial charge in [0.25, 0.3) is 0 Å². The summed E-state index contributed by atoms with van der Waals surface area (Å²) in [4.78, 5) is 12.2. The summed E-state index contributed by atoms with van der Waals surface area (Å²) in [5, 5.41) is 11.9. The number of hydrogen-bond acceptors (Lipinski definition) is 6. The van der Waals surface area contributed by atoms with E-state index in [-0.39, 0.29) is 18.2 Å². The number of carbonyl (C=O) groups is 1. The minimum absolute atomic E-state index is 0.0265. The van der Waals surface area contributed by atoms with Gasteiger partial charge in [-0.15, -0.1) is 10.2 Å². The Morgan fingerprint density at radius 3 is 2.47 bits per heavy atom. The van der Waals surface area contributed by atoms with Crippen LogP contribution in [0.4, 0.5) is 11.4 Å². The van der Waals surface area contributed by atoms with Crippen LogP contribution >= 0.6 is 23.4 Å². The van der Waals surface area contributed by atoms with Crippen LogP contribution in [0.25, 0.3) is 0 Å². The summed E-state index contributed by atoms with van der Waals surface area (Å²) in [6.45, 7) is 0.0265. The molecule has 158 valence electrons. The van der Waals surface area contributed by atoms with Crippen molar-refractivity contribution in [3.63, 3.8) is 0 Å². The molecule has 1 N–H and O–H groups in total. The number of thioether (sulfide) groups is 1. The molecule has 0 saturated carbocycles. The van der Waals surface area contributed by atoms with Gasteiger partial charge in [-0.25, -0.2) is 8.42 Å². The van der Waals surface area contributed by atoms with Crippen molar-refractivity contribution >= 4 is 50.7 Å². The van der Waals surface area contributed by atoms with Crippen LogP contribution in [0.5, 0.6) is 0 Å². The quantitative estimate of drug-likeness (QED) is 0.513. The molecule has 1 aromatic heterocycles. The second kappa shape index (κ2) is 9.50. The molecule has 0 aliphatic rings. The zero-order valence-corrected chi connectivity index (χ0v) is 18.7. The first-order chi connectivity index (χ1) is 14.3. The standard InChI is InChI=1S/C19H20ClN5O3S2/c1-24-17(12-25(30(2,27)28)14-8-4-3-5-9-14)22-23-19(24)29-13-18(26)21-16-11-7-6-10-15(16)20/h3-11H,12-13H2,1-2H3,(H,21,26). The summed E-state index contributed by atoms with van der Waals surface area (Å²) in [7, 11) is -1.79. The summed E-state index contributed by atoms with van der Waals surface area (Å²) in [6.07, 6.45) is 1.14. The smallest absolute Gasteiger partial charge is 0.234 e. The number of benzene rings is 2. The van der Waals surface area contributed by atoms with Crippen LogP contribution in [0.2, 0.25) is 5.02 Å². The van der Waals surface area contributed by atoms with E-state index in [4.69, 9.17) is 11.6 Å². The molecule has 3 aromatic rings. The van der Waals surface area contributed by atoms with Crippen LogP contribution in [0, 0.1) is 0 Å². The van der Waals surface area contributed by atoms with Gasteiger partial charge in [-0.1, -0.05) is 53.7 Å². The Kier molecular flexibility index (Phi) is 7.01. The number of nitrogens with zero attached hydrogens (tertiary/aromatic N) is 4. The van der Waals surface area contributed by atoms with Crippen LogP contribution in [-0.2, 0) is 28.4 Å². The summed E-state index contributed by atoms with van der Waals surface area (Å²) in [6, 6.07) is 15.8. The first kappa shape index (κ1) is 22.1. The van der Waals surface area contributed by atoms with E-state index in [1.54, 1.807) is 60.1 Å². The first-order valence-corrected chi connectivity index (χ1v) is 12.0. The lowest BCUT2D eigenvalue weighted by Gasteiger charge is -2.21. The average Bonchev–Trinajstić information content (AvgIpc) is 3.05. The molecule has 1 amide bonds. The maximum Gasteiger partial charge on any atom is 0.234 e. The highest BCUT2D eigenvalue weighted by molar-refractivity contribution is 7.99. The number of anilines is 2.